The van der Waals surface area contributed by atoms with Crippen LogP contribution in [-0.4, -0.2) is 75.9 Å². The van der Waals surface area contributed by atoms with Crippen LogP contribution in [0.1, 0.15) is 32.3 Å². The number of amides is 6. The van der Waals surface area contributed by atoms with E-state index in [4.69, 9.17) is 0 Å². The number of urea groups is 2. The highest BCUT2D eigenvalue weighted by molar-refractivity contribution is 6.23. The number of pyridine rings is 1. The van der Waals surface area contributed by atoms with Gasteiger partial charge in [-0.25, -0.2) is 14.5 Å². The molecule has 6 amide bonds. The number of carbonyl (C=O) groups is 4. The van der Waals surface area contributed by atoms with E-state index in [1.807, 2.05) is 0 Å². The zero-order chi connectivity index (χ0) is 31.7. The Morgan fingerprint density at radius 3 is 2.23 bits per heavy atom. The molecule has 232 valence electrons. The van der Waals surface area contributed by atoms with Crippen LogP contribution in [0.25, 0.3) is 0 Å². The molecule has 1 aromatic carbocycles. The number of aromatic nitrogens is 1. The summed E-state index contributed by atoms with van der Waals surface area (Å²) in [6, 6.07) is 3.68. The zero-order valence-electron chi connectivity index (χ0n) is 22.8. The van der Waals surface area contributed by atoms with Crippen molar-refractivity contribution in [3.8, 4) is 5.75 Å². The summed E-state index contributed by atoms with van der Waals surface area (Å²) in [6.45, 7) is 2.45. The first kappa shape index (κ1) is 31.4. The number of piperidine rings is 1. The smallest absolute Gasteiger partial charge is 0.404 e. The van der Waals surface area contributed by atoms with Crippen molar-refractivity contribution in [1.29, 1.82) is 0 Å². The van der Waals surface area contributed by atoms with Gasteiger partial charge in [0.05, 0.1) is 11.4 Å². The Labute approximate surface area is 240 Å². The van der Waals surface area contributed by atoms with Crippen molar-refractivity contribution >= 4 is 35.3 Å². The number of nitrogens with one attached hydrogen (secondary N) is 2. The van der Waals surface area contributed by atoms with Gasteiger partial charge in [-0.3, -0.25) is 14.6 Å². The lowest BCUT2D eigenvalue weighted by Crippen LogP contribution is -2.50. The molecule has 0 aliphatic carbocycles. The Balaban J connectivity index is 1.53. The fraction of sp³-hybridized carbons (Fsp3) is 0.423. The molecule has 4 rings (SSSR count). The molecule has 11 nitrogen and oxygen atoms in total. The number of rotatable bonds is 6. The summed E-state index contributed by atoms with van der Waals surface area (Å²) < 4.78 is 81.4. The Kier molecular flexibility index (Phi) is 8.46. The summed E-state index contributed by atoms with van der Waals surface area (Å²) in [5.74, 6) is -3.52. The third-order valence-electron chi connectivity index (χ3n) is 6.97. The van der Waals surface area contributed by atoms with E-state index in [-0.39, 0.29) is 38.2 Å². The van der Waals surface area contributed by atoms with Crippen LogP contribution in [0.3, 0.4) is 0 Å². The van der Waals surface area contributed by atoms with Gasteiger partial charge in [0.15, 0.2) is 5.75 Å². The minimum atomic E-state index is -5.16. The van der Waals surface area contributed by atoms with Crippen molar-refractivity contribution in [3.63, 3.8) is 0 Å². The third kappa shape index (κ3) is 7.09. The maximum absolute atomic E-state index is 13.4. The number of ether oxygens (including phenoxy) is 1. The number of halogens is 6. The molecule has 17 heteroatoms. The Morgan fingerprint density at radius 2 is 1.65 bits per heavy atom. The van der Waals surface area contributed by atoms with Crippen LogP contribution in [0.15, 0.2) is 42.7 Å². The highest BCUT2D eigenvalue weighted by Crippen LogP contribution is 2.38. The second kappa shape index (κ2) is 11.6. The lowest BCUT2D eigenvalue weighted by molar-refractivity contribution is -0.274. The van der Waals surface area contributed by atoms with Crippen LogP contribution in [0.5, 0.6) is 5.75 Å². The molecule has 2 aliphatic heterocycles. The molecule has 0 radical (unpaired) electrons. The number of hydrogen-bond donors (Lipinski definition) is 2. The predicted molar refractivity (Wildman–Crippen MR) is 138 cm³/mol. The lowest BCUT2D eigenvalue weighted by Gasteiger charge is -2.32. The van der Waals surface area contributed by atoms with Crippen molar-refractivity contribution in [2.75, 3.05) is 23.3 Å². The average Bonchev–Trinajstić information content (AvgIpc) is 3.08. The van der Waals surface area contributed by atoms with E-state index in [2.05, 4.69) is 20.4 Å². The van der Waals surface area contributed by atoms with Crippen LogP contribution in [0, 0.1) is 0 Å². The van der Waals surface area contributed by atoms with E-state index in [0.29, 0.717) is 10.5 Å². The average molecular weight is 617 g/mol. The van der Waals surface area contributed by atoms with Crippen LogP contribution < -0.4 is 20.3 Å². The highest BCUT2D eigenvalue weighted by atomic mass is 19.4. The first-order valence-corrected chi connectivity index (χ1v) is 12.9. The van der Waals surface area contributed by atoms with Gasteiger partial charge in [-0.05, 0) is 62.6 Å². The van der Waals surface area contributed by atoms with Crippen LogP contribution in [0.2, 0.25) is 0 Å². The fourth-order valence-electron chi connectivity index (χ4n) is 4.72. The van der Waals surface area contributed by atoms with Crippen LogP contribution in [0.4, 0.5) is 47.3 Å². The summed E-state index contributed by atoms with van der Waals surface area (Å²) in [4.78, 5) is 57.4. The minimum absolute atomic E-state index is 0.0345. The molecule has 0 unspecified atom stereocenters. The second-order valence-electron chi connectivity index (χ2n) is 10.3. The molecule has 2 aliphatic rings. The molecule has 1 aromatic heterocycles. The molecule has 2 N–H and O–H groups in total. The number of hydrogen-bond acceptors (Lipinski definition) is 6. The maximum Gasteiger partial charge on any atom is 0.573 e. The van der Waals surface area contributed by atoms with E-state index in [0.717, 1.165) is 23.1 Å². The summed E-state index contributed by atoms with van der Waals surface area (Å²) >= 11 is 0. The second-order valence-corrected chi connectivity index (χ2v) is 10.3. The molecule has 0 spiro atoms. The van der Waals surface area contributed by atoms with E-state index in [9.17, 15) is 45.5 Å². The number of imide groups is 1. The van der Waals surface area contributed by atoms with Gasteiger partial charge in [0.1, 0.15) is 5.54 Å². The van der Waals surface area contributed by atoms with Crippen LogP contribution in [-0.2, 0) is 16.1 Å². The number of carbonyl (C=O) groups excluding carboxylic acids is 4. The highest BCUT2D eigenvalue weighted by Gasteiger charge is 2.52. The molecule has 0 bridgehead atoms. The number of alkyl halides is 6. The van der Waals surface area contributed by atoms with Gasteiger partial charge in [-0.2, -0.15) is 13.2 Å². The van der Waals surface area contributed by atoms with Gasteiger partial charge in [-0.1, -0.05) is 0 Å². The number of anilines is 2. The van der Waals surface area contributed by atoms with E-state index in [1.165, 1.54) is 31.1 Å². The molecule has 3 heterocycles. The first-order valence-electron chi connectivity index (χ1n) is 12.9. The summed E-state index contributed by atoms with van der Waals surface area (Å²) in [6.07, 6.45) is -7.26. The van der Waals surface area contributed by atoms with E-state index < -0.39 is 59.4 Å². The normalized spacial score (nSPS) is 17.7. The number of benzene rings is 1. The van der Waals surface area contributed by atoms with Gasteiger partial charge in [0, 0.05) is 38.1 Å². The summed E-state index contributed by atoms with van der Waals surface area (Å²) in [5.41, 5.74) is -1.35. The number of nitrogens with zero attached hydrogens (tertiary/aromatic N) is 4. The van der Waals surface area contributed by atoms with Crippen molar-refractivity contribution in [1.82, 2.24) is 20.1 Å². The van der Waals surface area contributed by atoms with Gasteiger partial charge in [0.25, 0.3) is 5.91 Å². The lowest BCUT2D eigenvalue weighted by atomic mass is 10.0. The molecule has 0 atom stereocenters. The zero-order valence-corrected chi connectivity index (χ0v) is 22.8. The molecular formula is C26H26F6N6O5. The minimum Gasteiger partial charge on any atom is -0.404 e. The van der Waals surface area contributed by atoms with Crippen molar-refractivity contribution in [3.05, 3.63) is 48.3 Å². The van der Waals surface area contributed by atoms with Gasteiger partial charge in [0.2, 0.25) is 0 Å². The topological polar surface area (TPSA) is 124 Å². The summed E-state index contributed by atoms with van der Waals surface area (Å²) in [5, 5.41) is 4.64. The maximum atomic E-state index is 13.4. The van der Waals surface area contributed by atoms with Gasteiger partial charge >= 0.3 is 30.5 Å². The Morgan fingerprint density at radius 1 is 1.02 bits per heavy atom. The van der Waals surface area contributed by atoms with Gasteiger partial charge in [-0.15, -0.1) is 13.2 Å². The molecule has 43 heavy (non-hydrogen) atoms. The predicted octanol–water partition coefficient (Wildman–Crippen LogP) is 4.40. The first-order chi connectivity index (χ1) is 20.0. The van der Waals surface area contributed by atoms with E-state index >= 15 is 0 Å². The van der Waals surface area contributed by atoms with Crippen LogP contribution >= 0.6 is 0 Å². The number of likely N-dealkylation sites (tertiary alicyclic amines) is 1. The Hall–Kier alpha value is -4.57. The Bertz CT molecular complexity index is 1390. The molecular weight excluding hydrogens is 590 g/mol. The standard InChI is InChI=1S/C26H26F6N6O5/c1-24(2)20(39)38(23(42)37(24)14-15-5-9-33-10-6-15)17-3-4-19(43-26(30,31)32)18(13-17)35-22(41)34-16-7-11-36(12-8-16)21(40)25(27,28)29/h3-6,9-10,13,16H,7-8,11-12,14H2,1-2H3,(H2,34,35,41). The van der Waals surface area contributed by atoms with Crippen molar-refractivity contribution in [2.24, 2.45) is 0 Å². The summed E-state index contributed by atoms with van der Waals surface area (Å²) in [7, 11) is 0. The third-order valence-corrected chi connectivity index (χ3v) is 6.97. The van der Waals surface area contributed by atoms with Gasteiger partial charge < -0.3 is 25.2 Å². The monoisotopic (exact) mass is 616 g/mol. The molecule has 2 aromatic rings. The molecule has 2 saturated heterocycles. The fourth-order valence-corrected chi connectivity index (χ4v) is 4.72. The molecule has 2 fully saturated rings. The van der Waals surface area contributed by atoms with E-state index in [1.54, 1.807) is 12.1 Å². The quantitative estimate of drug-likeness (QED) is 0.366. The SMILES string of the molecule is CC1(C)C(=O)N(c2ccc(OC(F)(F)F)c(NC(=O)NC3CCN(C(=O)C(F)(F)F)CC3)c2)C(=O)N1Cc1ccncc1. The molecule has 0 saturated carbocycles. The van der Waals surface area contributed by atoms with Crippen molar-refractivity contribution < 1.29 is 50.3 Å². The van der Waals surface area contributed by atoms with Crippen molar-refractivity contribution in [2.45, 2.75) is 57.4 Å². The largest absolute Gasteiger partial charge is 0.573 e.